The molecule has 7 rings (SSSR count). The van der Waals surface area contributed by atoms with Crippen molar-refractivity contribution in [3.05, 3.63) is 93.9 Å². The molecule has 0 saturated heterocycles. The van der Waals surface area contributed by atoms with E-state index in [-0.39, 0.29) is 34.6 Å². The Labute approximate surface area is 246 Å². The Morgan fingerprint density at radius 2 is 1.80 bits per heavy atom. The number of anilines is 1. The fourth-order valence-corrected chi connectivity index (χ4v) is 6.01. The van der Waals surface area contributed by atoms with Gasteiger partial charge in [0.1, 0.15) is 5.82 Å². The zero-order chi connectivity index (χ0) is 31.0. The van der Waals surface area contributed by atoms with Crippen LogP contribution in [0, 0.1) is 0 Å². The smallest absolute Gasteiger partial charge is 0.395 e. The van der Waals surface area contributed by atoms with Crippen LogP contribution in [0.2, 0.25) is 0 Å². The highest BCUT2D eigenvalue weighted by molar-refractivity contribution is 6.21. The van der Waals surface area contributed by atoms with E-state index in [1.807, 2.05) is 0 Å². The summed E-state index contributed by atoms with van der Waals surface area (Å²) >= 11 is 0. The average molecular weight is 612 g/mol. The number of hydrogen-bond donors (Lipinski definition) is 2. The maximum absolute atomic E-state index is 14.2. The minimum atomic E-state index is -4.71. The van der Waals surface area contributed by atoms with Crippen molar-refractivity contribution in [3.8, 4) is 17.2 Å². The van der Waals surface area contributed by atoms with Crippen molar-refractivity contribution in [1.29, 1.82) is 0 Å². The first kappa shape index (κ1) is 27.8. The molecule has 4 aromatic rings. The Morgan fingerprint density at radius 1 is 1.02 bits per heavy atom. The van der Waals surface area contributed by atoms with E-state index < -0.39 is 41.9 Å². The third kappa shape index (κ3) is 4.70. The van der Waals surface area contributed by atoms with Crippen LogP contribution in [-0.2, 0) is 12.6 Å². The summed E-state index contributed by atoms with van der Waals surface area (Å²) in [6.07, 6.45) is -5.90. The van der Waals surface area contributed by atoms with E-state index in [4.69, 9.17) is 0 Å². The van der Waals surface area contributed by atoms with E-state index in [0.717, 1.165) is 0 Å². The van der Waals surface area contributed by atoms with Crippen molar-refractivity contribution in [1.82, 2.24) is 20.1 Å². The predicted molar refractivity (Wildman–Crippen MR) is 144 cm³/mol. The number of imide groups is 1. The monoisotopic (exact) mass is 611 g/mol. The van der Waals surface area contributed by atoms with Crippen LogP contribution >= 0.6 is 0 Å². The molecule has 2 amide bonds. The normalized spacial score (nSPS) is 18.9. The van der Waals surface area contributed by atoms with Gasteiger partial charge in [-0.25, -0.2) is 9.67 Å². The van der Waals surface area contributed by atoms with Crippen molar-refractivity contribution < 1.29 is 41.0 Å². The van der Waals surface area contributed by atoms with Crippen molar-refractivity contribution in [2.45, 2.75) is 50.6 Å². The van der Waals surface area contributed by atoms with Crippen LogP contribution in [0.1, 0.15) is 80.5 Å². The first-order valence-electron chi connectivity index (χ1n) is 13.7. The number of alkyl halides is 5. The molecule has 2 N–H and O–H groups in total. The van der Waals surface area contributed by atoms with Gasteiger partial charge in [-0.3, -0.25) is 14.9 Å². The maximum Gasteiger partial charge on any atom is 0.586 e. The van der Waals surface area contributed by atoms with Gasteiger partial charge in [-0.05, 0) is 67.6 Å². The van der Waals surface area contributed by atoms with Crippen molar-refractivity contribution >= 4 is 17.6 Å². The summed E-state index contributed by atoms with van der Waals surface area (Å²) in [5, 5.41) is 9.42. The minimum Gasteiger partial charge on any atom is -0.395 e. The molecule has 4 heterocycles. The van der Waals surface area contributed by atoms with Crippen LogP contribution < -0.4 is 20.1 Å². The minimum absolute atomic E-state index is 0.0756. The molecule has 2 aliphatic heterocycles. The molecular formula is C30H22F5N5O4. The van der Waals surface area contributed by atoms with E-state index >= 15 is 0 Å². The van der Waals surface area contributed by atoms with E-state index in [1.54, 1.807) is 31.2 Å². The number of amides is 2. The molecule has 0 fully saturated rings. The van der Waals surface area contributed by atoms with E-state index in [1.165, 1.54) is 35.1 Å². The number of carbonyl (C=O) groups excluding carboxylic acids is 2. The zero-order valence-corrected chi connectivity index (χ0v) is 22.8. The number of nitrogens with zero attached hydrogens (tertiary/aromatic N) is 3. The second-order valence-corrected chi connectivity index (χ2v) is 10.8. The summed E-state index contributed by atoms with van der Waals surface area (Å²) in [6, 6.07) is 11.7. The quantitative estimate of drug-likeness (QED) is 0.207. The van der Waals surface area contributed by atoms with Gasteiger partial charge in [-0.2, -0.15) is 18.3 Å². The number of carbonyl (C=O) groups is 2. The SMILES string of the molecule is C[C@H](Nc1cc(-n2nc(C(F)(F)F)c3c2[C@H](c2ccc4c(c2)C(=O)NC4=O)CCC3)ccn1)c1ccc2c(c1)OC(F)(F)O2. The fourth-order valence-electron chi connectivity index (χ4n) is 6.01. The van der Waals surface area contributed by atoms with Crippen LogP contribution in [0.15, 0.2) is 54.7 Å². The van der Waals surface area contributed by atoms with Gasteiger partial charge in [0.15, 0.2) is 17.2 Å². The molecule has 44 heavy (non-hydrogen) atoms. The van der Waals surface area contributed by atoms with Gasteiger partial charge in [-0.15, -0.1) is 8.78 Å². The number of nitrogens with one attached hydrogen (secondary N) is 2. The number of benzene rings is 2. The summed E-state index contributed by atoms with van der Waals surface area (Å²) in [6.45, 7) is 1.76. The molecule has 0 spiro atoms. The Kier molecular flexibility index (Phi) is 6.16. The Hall–Kier alpha value is -5.01. The molecule has 0 saturated carbocycles. The predicted octanol–water partition coefficient (Wildman–Crippen LogP) is 6.13. The first-order valence-corrected chi connectivity index (χ1v) is 13.7. The van der Waals surface area contributed by atoms with E-state index in [9.17, 15) is 31.5 Å². The molecular weight excluding hydrogens is 589 g/mol. The van der Waals surface area contributed by atoms with Crippen molar-refractivity contribution in [3.63, 3.8) is 0 Å². The molecule has 2 atom stereocenters. The highest BCUT2D eigenvalue weighted by Gasteiger charge is 2.44. The summed E-state index contributed by atoms with van der Waals surface area (Å²) in [5.41, 5.74) is 1.32. The molecule has 0 bridgehead atoms. The van der Waals surface area contributed by atoms with Crippen LogP contribution in [0.3, 0.4) is 0 Å². The molecule has 1 aliphatic carbocycles. The Bertz CT molecular complexity index is 1850. The van der Waals surface area contributed by atoms with Crippen LogP contribution in [0.5, 0.6) is 11.5 Å². The molecule has 14 heteroatoms. The summed E-state index contributed by atoms with van der Waals surface area (Å²) in [4.78, 5) is 28.7. The van der Waals surface area contributed by atoms with Gasteiger partial charge >= 0.3 is 12.5 Å². The number of pyridine rings is 1. The lowest BCUT2D eigenvalue weighted by Gasteiger charge is -2.26. The molecule has 2 aromatic carbocycles. The van der Waals surface area contributed by atoms with Crippen LogP contribution in [0.25, 0.3) is 5.69 Å². The summed E-state index contributed by atoms with van der Waals surface area (Å²) in [7, 11) is 0. The first-order chi connectivity index (χ1) is 20.9. The van der Waals surface area contributed by atoms with Gasteiger partial charge < -0.3 is 14.8 Å². The average Bonchev–Trinajstić information content (AvgIpc) is 3.61. The van der Waals surface area contributed by atoms with Gasteiger partial charge in [0, 0.05) is 23.7 Å². The standard InChI is InChI=1S/C30H22F5N5O4/c1-14(15-6-8-22-23(12-15)44-30(34,35)43-22)37-24-13-17(9-10-36-24)40-25-18(3-2-4-20(25)26(39-40)29(31,32)33)16-5-7-19-21(11-16)28(42)38-27(19)41/h5-14,18H,2-4H2,1H3,(H,36,37)(H,38,41,42)/t14-,18-/m0/s1. The number of fused-ring (bicyclic) bond motifs is 3. The van der Waals surface area contributed by atoms with Gasteiger partial charge in [0.25, 0.3) is 11.8 Å². The number of halogens is 5. The lowest BCUT2D eigenvalue weighted by molar-refractivity contribution is -0.286. The largest absolute Gasteiger partial charge is 0.586 e. The zero-order valence-electron chi connectivity index (χ0n) is 22.8. The highest BCUT2D eigenvalue weighted by atomic mass is 19.4. The molecule has 9 nitrogen and oxygen atoms in total. The Balaban J connectivity index is 1.25. The third-order valence-electron chi connectivity index (χ3n) is 7.98. The summed E-state index contributed by atoms with van der Waals surface area (Å²) in [5.74, 6) is -1.52. The van der Waals surface area contributed by atoms with Crippen molar-refractivity contribution in [2.75, 3.05) is 5.32 Å². The highest BCUT2D eigenvalue weighted by Crippen LogP contribution is 2.45. The van der Waals surface area contributed by atoms with E-state index in [0.29, 0.717) is 41.2 Å². The topological polar surface area (TPSA) is 107 Å². The third-order valence-corrected chi connectivity index (χ3v) is 7.98. The number of ether oxygens (including phenoxy) is 2. The molecule has 3 aliphatic rings. The lowest BCUT2D eigenvalue weighted by atomic mass is 9.81. The molecule has 2 aromatic heterocycles. The maximum atomic E-state index is 14.2. The van der Waals surface area contributed by atoms with Gasteiger partial charge in [-0.1, -0.05) is 12.1 Å². The second-order valence-electron chi connectivity index (χ2n) is 10.8. The van der Waals surface area contributed by atoms with Gasteiger partial charge in [0.05, 0.1) is 28.6 Å². The lowest BCUT2D eigenvalue weighted by Crippen LogP contribution is -2.25. The molecule has 0 unspecified atom stereocenters. The molecule has 226 valence electrons. The number of aromatic nitrogens is 3. The second kappa shape index (κ2) is 9.76. The number of rotatable bonds is 5. The number of hydrogen-bond acceptors (Lipinski definition) is 7. The van der Waals surface area contributed by atoms with Crippen LogP contribution in [-0.4, -0.2) is 32.9 Å². The van der Waals surface area contributed by atoms with E-state index in [2.05, 4.69) is 30.2 Å². The Morgan fingerprint density at radius 3 is 2.59 bits per heavy atom. The van der Waals surface area contributed by atoms with Gasteiger partial charge in [0.2, 0.25) is 0 Å². The fraction of sp³-hybridized carbons (Fsp3) is 0.267. The molecule has 0 radical (unpaired) electrons. The summed E-state index contributed by atoms with van der Waals surface area (Å²) < 4.78 is 79.9. The van der Waals surface area contributed by atoms with Crippen molar-refractivity contribution in [2.24, 2.45) is 0 Å². The van der Waals surface area contributed by atoms with Crippen LogP contribution in [0.4, 0.5) is 27.8 Å².